The molecule has 0 atom stereocenters. The zero-order valence-corrected chi connectivity index (χ0v) is 18.0. The average Bonchev–Trinajstić information content (AvgIpc) is 3.30. The van der Waals surface area contributed by atoms with Crippen molar-refractivity contribution in [3.05, 3.63) is 40.6 Å². The van der Waals surface area contributed by atoms with Crippen molar-refractivity contribution in [1.29, 1.82) is 0 Å². The first-order chi connectivity index (χ1) is 14.3. The van der Waals surface area contributed by atoms with E-state index in [-0.39, 0.29) is 39.8 Å². The Morgan fingerprint density at radius 3 is 2.83 bits per heavy atom. The molecule has 158 valence electrons. The number of methoxy groups -OCH3 is 1. The van der Waals surface area contributed by atoms with Crippen LogP contribution in [0.2, 0.25) is 0 Å². The summed E-state index contributed by atoms with van der Waals surface area (Å²) in [5.74, 6) is -0.845. The third-order valence-corrected chi connectivity index (χ3v) is 5.41. The molecule has 0 spiro atoms. The molecule has 1 saturated heterocycles. The molecule has 0 radical (unpaired) electrons. The predicted molar refractivity (Wildman–Crippen MR) is 112 cm³/mol. The molecule has 1 aliphatic rings. The van der Waals surface area contributed by atoms with E-state index in [0.29, 0.717) is 11.4 Å². The molecule has 2 amide bonds. The van der Waals surface area contributed by atoms with Gasteiger partial charge in [0.25, 0.3) is 5.91 Å². The molecular weight excluding hydrogens is 433 g/mol. The average molecular weight is 452 g/mol. The minimum atomic E-state index is -0.668. The number of hydrogen-bond donors (Lipinski definition) is 1. The van der Waals surface area contributed by atoms with Crippen molar-refractivity contribution in [2.24, 2.45) is 0 Å². The van der Waals surface area contributed by atoms with Crippen molar-refractivity contribution >= 4 is 46.2 Å². The normalized spacial score (nSPS) is 15.1. The maximum atomic E-state index is 14.7. The van der Waals surface area contributed by atoms with Crippen LogP contribution in [-0.2, 0) is 16.2 Å². The van der Waals surface area contributed by atoms with E-state index in [9.17, 15) is 14.0 Å². The zero-order chi connectivity index (χ0) is 21.8. The molecule has 1 N–H and O–H groups in total. The monoisotopic (exact) mass is 451 g/mol. The number of halogens is 1. The number of aromatic amines is 1. The fourth-order valence-electron chi connectivity index (χ4n) is 2.47. The highest BCUT2D eigenvalue weighted by molar-refractivity contribution is 8.26. The van der Waals surface area contributed by atoms with Gasteiger partial charge >= 0.3 is 0 Å². The van der Waals surface area contributed by atoms with Crippen LogP contribution in [0.15, 0.2) is 23.4 Å². The number of amides is 2. The molecule has 1 aliphatic heterocycles. The Hall–Kier alpha value is -2.99. The van der Waals surface area contributed by atoms with E-state index in [1.807, 2.05) is 0 Å². The van der Waals surface area contributed by atoms with E-state index in [1.54, 1.807) is 14.1 Å². The number of thiocarbonyl (C=S) groups is 1. The minimum absolute atomic E-state index is 0.0226. The smallest absolute Gasteiger partial charge is 0.266 e. The van der Waals surface area contributed by atoms with Gasteiger partial charge in [-0.15, -0.1) is 0 Å². The number of carbonyl (C=O) groups excluding carboxylic acids is 2. The van der Waals surface area contributed by atoms with Crippen LogP contribution in [0.5, 0.6) is 11.5 Å². The molecule has 0 saturated carbocycles. The molecule has 2 heterocycles. The van der Waals surface area contributed by atoms with E-state index in [4.69, 9.17) is 21.7 Å². The summed E-state index contributed by atoms with van der Waals surface area (Å²) in [7, 11) is 4.57. The molecule has 1 fully saturated rings. The predicted octanol–water partition coefficient (Wildman–Crippen LogP) is 1.82. The van der Waals surface area contributed by atoms with Crippen molar-refractivity contribution in [2.75, 3.05) is 27.7 Å². The maximum Gasteiger partial charge on any atom is 0.266 e. The lowest BCUT2D eigenvalue weighted by Gasteiger charge is -2.17. The number of benzene rings is 1. The number of carbonyl (C=O) groups is 2. The summed E-state index contributed by atoms with van der Waals surface area (Å²) in [5.41, 5.74) is 0.385. The second-order valence-corrected chi connectivity index (χ2v) is 7.99. The molecule has 9 nitrogen and oxygen atoms in total. The van der Waals surface area contributed by atoms with Crippen molar-refractivity contribution in [3.63, 3.8) is 0 Å². The Morgan fingerprint density at radius 1 is 1.43 bits per heavy atom. The van der Waals surface area contributed by atoms with Crippen LogP contribution in [0.3, 0.4) is 0 Å². The molecular formula is C18H18FN5O4S2. The number of ether oxygens (including phenoxy) is 2. The third kappa shape index (κ3) is 4.76. The van der Waals surface area contributed by atoms with E-state index >= 15 is 0 Å². The third-order valence-electron chi connectivity index (χ3n) is 4.03. The highest BCUT2D eigenvalue weighted by atomic mass is 32.2. The fraction of sp³-hybridized carbons (Fsp3) is 0.278. The van der Waals surface area contributed by atoms with E-state index in [0.717, 1.165) is 11.8 Å². The number of nitrogens with zero attached hydrogens (tertiary/aromatic N) is 4. The van der Waals surface area contributed by atoms with Crippen molar-refractivity contribution in [3.8, 4) is 11.5 Å². The van der Waals surface area contributed by atoms with E-state index in [2.05, 4.69) is 15.2 Å². The van der Waals surface area contributed by atoms with Gasteiger partial charge in [-0.05, 0) is 23.8 Å². The number of rotatable bonds is 7. The van der Waals surface area contributed by atoms with Crippen LogP contribution in [0.1, 0.15) is 11.4 Å². The van der Waals surface area contributed by atoms with Crippen molar-refractivity contribution < 1.29 is 23.5 Å². The Labute approximate surface area is 181 Å². The van der Waals surface area contributed by atoms with Crippen LogP contribution in [0.4, 0.5) is 4.39 Å². The van der Waals surface area contributed by atoms with Crippen LogP contribution in [0.25, 0.3) is 6.08 Å². The number of nitrogens with one attached hydrogen (secondary N) is 1. The van der Waals surface area contributed by atoms with Gasteiger partial charge in [-0.2, -0.15) is 5.10 Å². The van der Waals surface area contributed by atoms with Crippen LogP contribution < -0.4 is 9.47 Å². The van der Waals surface area contributed by atoms with Crippen molar-refractivity contribution in [2.45, 2.75) is 6.61 Å². The van der Waals surface area contributed by atoms with Gasteiger partial charge in [0.05, 0.1) is 12.0 Å². The second kappa shape index (κ2) is 9.22. The number of H-pyrrole nitrogens is 1. The first kappa shape index (κ1) is 21.7. The summed E-state index contributed by atoms with van der Waals surface area (Å²) < 4.78 is 25.6. The van der Waals surface area contributed by atoms with Gasteiger partial charge in [0.1, 0.15) is 23.8 Å². The molecule has 12 heteroatoms. The van der Waals surface area contributed by atoms with Crippen LogP contribution in [0, 0.1) is 5.82 Å². The van der Waals surface area contributed by atoms with E-state index < -0.39 is 11.7 Å². The van der Waals surface area contributed by atoms with E-state index in [1.165, 1.54) is 41.4 Å². The van der Waals surface area contributed by atoms with Gasteiger partial charge < -0.3 is 14.4 Å². The fourth-order valence-corrected chi connectivity index (χ4v) is 3.72. The maximum absolute atomic E-state index is 14.7. The molecule has 3 rings (SSSR count). The minimum Gasteiger partial charge on any atom is -0.493 e. The van der Waals surface area contributed by atoms with Crippen LogP contribution in [-0.4, -0.2) is 68.9 Å². The van der Waals surface area contributed by atoms with Gasteiger partial charge in [-0.3, -0.25) is 19.6 Å². The van der Waals surface area contributed by atoms with Gasteiger partial charge in [-0.25, -0.2) is 9.37 Å². The molecule has 0 unspecified atom stereocenters. The molecule has 30 heavy (non-hydrogen) atoms. The summed E-state index contributed by atoms with van der Waals surface area (Å²) in [4.78, 5) is 31.3. The summed E-state index contributed by atoms with van der Waals surface area (Å²) >= 11 is 6.25. The van der Waals surface area contributed by atoms with Gasteiger partial charge in [0, 0.05) is 14.1 Å². The second-order valence-electron chi connectivity index (χ2n) is 6.31. The Bertz CT molecular complexity index is 1010. The number of likely N-dealkylation sites (N-methyl/N-ethyl adjacent to an activating group) is 1. The Kier molecular flexibility index (Phi) is 6.67. The highest BCUT2D eigenvalue weighted by Crippen LogP contribution is 2.36. The lowest BCUT2D eigenvalue weighted by molar-refractivity contribution is -0.133. The molecule has 0 bridgehead atoms. The largest absolute Gasteiger partial charge is 0.493 e. The lowest BCUT2D eigenvalue weighted by Crippen LogP contribution is -2.38. The first-order valence-corrected chi connectivity index (χ1v) is 9.82. The number of hydrogen-bond acceptors (Lipinski definition) is 8. The van der Waals surface area contributed by atoms with Gasteiger partial charge in [0.2, 0.25) is 5.91 Å². The lowest BCUT2D eigenvalue weighted by atomic mass is 10.1. The summed E-state index contributed by atoms with van der Waals surface area (Å²) in [5, 5.41) is 6.31. The summed E-state index contributed by atoms with van der Waals surface area (Å²) in [6.07, 6.45) is 2.81. The topological polar surface area (TPSA) is 101 Å². The van der Waals surface area contributed by atoms with Gasteiger partial charge in [0.15, 0.2) is 23.1 Å². The SMILES string of the molecule is COc1cc(/C=C2\SC(=S)N(CC(=O)N(C)C)C2=O)cc(F)c1OCc1ncn[nH]1. The summed E-state index contributed by atoms with van der Waals surface area (Å²) in [6, 6.07) is 2.76. The summed E-state index contributed by atoms with van der Waals surface area (Å²) in [6.45, 7) is -0.174. The number of thioether (sulfide) groups is 1. The Balaban J connectivity index is 1.81. The number of aromatic nitrogens is 3. The first-order valence-electron chi connectivity index (χ1n) is 8.60. The van der Waals surface area contributed by atoms with Crippen molar-refractivity contribution in [1.82, 2.24) is 25.0 Å². The standard InChI is InChI=1S/C18H18FN5O4S2/c1-23(2)15(25)7-24-17(26)13(30-18(24)29)6-10-4-11(19)16(12(5-10)27-3)28-8-14-20-9-21-22-14/h4-6,9H,7-8H2,1-3H3,(H,20,21,22)/b13-6-. The molecule has 2 aromatic rings. The molecule has 1 aromatic carbocycles. The van der Waals surface area contributed by atoms with Gasteiger partial charge in [-0.1, -0.05) is 24.0 Å². The zero-order valence-electron chi connectivity index (χ0n) is 16.3. The Morgan fingerprint density at radius 2 is 2.20 bits per heavy atom. The molecule has 1 aromatic heterocycles. The van der Waals surface area contributed by atoms with Crippen LogP contribution >= 0.6 is 24.0 Å². The quantitative estimate of drug-likeness (QED) is 0.503. The highest BCUT2D eigenvalue weighted by Gasteiger charge is 2.33. The molecule has 0 aliphatic carbocycles.